The number of sulfone groups is 1. The number of carbonyl (C=O) groups is 1. The van der Waals surface area contributed by atoms with Gasteiger partial charge in [0.25, 0.3) is 0 Å². The summed E-state index contributed by atoms with van der Waals surface area (Å²) in [6, 6.07) is 13.2. The van der Waals surface area contributed by atoms with Gasteiger partial charge in [0.1, 0.15) is 24.2 Å². The van der Waals surface area contributed by atoms with Crippen molar-refractivity contribution in [2.24, 2.45) is 0 Å². The second-order valence-corrected chi connectivity index (χ2v) is 10.3. The number of nitrogens with zero attached hydrogens (tertiary/aromatic N) is 3. The topological polar surface area (TPSA) is 145 Å². The maximum atomic E-state index is 13.6. The third kappa shape index (κ3) is 5.20. The summed E-state index contributed by atoms with van der Waals surface area (Å²) in [6.45, 7) is 0.555. The Morgan fingerprint density at radius 3 is 2.34 bits per heavy atom. The Bertz CT molecular complexity index is 1220. The Kier molecular flexibility index (Phi) is 7.45. The number of nitrogens with one attached hydrogen (secondary N) is 2. The van der Waals surface area contributed by atoms with Crippen molar-refractivity contribution in [2.45, 2.75) is 28.8 Å². The SMILES string of the molecule is COC(O)CNC(=O)C1(S(=O)(=O)c2ccc(Oc3ccc(-n4cncn4)cc3)cc2)CCNCC1. The van der Waals surface area contributed by atoms with Gasteiger partial charge in [-0.1, -0.05) is 0 Å². The van der Waals surface area contributed by atoms with Crippen molar-refractivity contribution in [1.29, 1.82) is 0 Å². The van der Waals surface area contributed by atoms with Crippen LogP contribution in [0.4, 0.5) is 0 Å². The predicted molar refractivity (Wildman–Crippen MR) is 126 cm³/mol. The van der Waals surface area contributed by atoms with Crippen LogP contribution in [0.5, 0.6) is 11.5 Å². The highest BCUT2D eigenvalue weighted by Gasteiger charge is 2.51. The molecule has 1 aliphatic rings. The molecule has 0 aliphatic carbocycles. The molecule has 3 aromatic rings. The standard InChI is InChI=1S/C23H27N5O6S/c1-33-21(29)14-26-22(30)23(10-12-24-13-11-23)35(31,32)20-8-6-19(7-9-20)34-18-4-2-17(3-5-18)28-16-25-15-27-28/h2-9,15-16,21,24,29H,10-14H2,1H3,(H,26,30). The summed E-state index contributed by atoms with van der Waals surface area (Å²) in [5, 5.41) is 19.3. The fourth-order valence-electron chi connectivity index (χ4n) is 3.93. The normalized spacial score (nSPS) is 16.4. The largest absolute Gasteiger partial charge is 0.457 e. The summed E-state index contributed by atoms with van der Waals surface area (Å²) in [5.41, 5.74) is 0.819. The Labute approximate surface area is 203 Å². The van der Waals surface area contributed by atoms with Gasteiger partial charge in [0.05, 0.1) is 17.1 Å². The van der Waals surface area contributed by atoms with E-state index in [0.717, 1.165) is 5.69 Å². The molecule has 1 aromatic heterocycles. The summed E-state index contributed by atoms with van der Waals surface area (Å²) in [6.07, 6.45) is 2.04. The molecule has 11 nitrogen and oxygen atoms in total. The van der Waals surface area contributed by atoms with Crippen molar-refractivity contribution in [1.82, 2.24) is 25.4 Å². The number of methoxy groups -OCH3 is 1. The first-order valence-electron chi connectivity index (χ1n) is 11.0. The van der Waals surface area contributed by atoms with E-state index in [9.17, 15) is 18.3 Å². The zero-order valence-electron chi connectivity index (χ0n) is 19.1. The van der Waals surface area contributed by atoms with Gasteiger partial charge in [0.15, 0.2) is 20.9 Å². The van der Waals surface area contributed by atoms with Crippen LogP contribution in [-0.4, -0.2) is 72.0 Å². The lowest BCUT2D eigenvalue weighted by atomic mass is 9.96. The molecule has 0 spiro atoms. The lowest BCUT2D eigenvalue weighted by molar-refractivity contribution is -0.127. The van der Waals surface area contributed by atoms with Crippen LogP contribution in [-0.2, 0) is 19.4 Å². The molecule has 1 amide bonds. The Morgan fingerprint density at radius 2 is 1.77 bits per heavy atom. The second kappa shape index (κ2) is 10.5. The van der Waals surface area contributed by atoms with E-state index in [0.29, 0.717) is 24.6 Å². The monoisotopic (exact) mass is 501 g/mol. The van der Waals surface area contributed by atoms with Crippen molar-refractivity contribution in [3.8, 4) is 17.2 Å². The average Bonchev–Trinajstić information content (AvgIpc) is 3.43. The van der Waals surface area contributed by atoms with E-state index in [1.165, 1.54) is 25.6 Å². The number of hydrogen-bond donors (Lipinski definition) is 3. The fourth-order valence-corrected chi connectivity index (χ4v) is 5.93. The molecule has 0 saturated carbocycles. The Morgan fingerprint density at radius 1 is 1.14 bits per heavy atom. The molecule has 0 bridgehead atoms. The number of hydrogen-bond acceptors (Lipinski definition) is 9. The van der Waals surface area contributed by atoms with Gasteiger partial charge in [-0.3, -0.25) is 4.79 Å². The summed E-state index contributed by atoms with van der Waals surface area (Å²) >= 11 is 0. The van der Waals surface area contributed by atoms with E-state index >= 15 is 0 Å². The average molecular weight is 502 g/mol. The first-order valence-corrected chi connectivity index (χ1v) is 12.5. The van der Waals surface area contributed by atoms with E-state index in [-0.39, 0.29) is 24.3 Å². The molecular weight excluding hydrogens is 474 g/mol. The smallest absolute Gasteiger partial charge is 0.242 e. The van der Waals surface area contributed by atoms with Crippen molar-refractivity contribution < 1.29 is 27.8 Å². The lowest BCUT2D eigenvalue weighted by Crippen LogP contribution is -2.58. The van der Waals surface area contributed by atoms with Crippen molar-refractivity contribution in [3.05, 3.63) is 61.2 Å². The maximum absolute atomic E-state index is 13.6. The van der Waals surface area contributed by atoms with E-state index in [1.54, 1.807) is 35.3 Å². The van der Waals surface area contributed by atoms with Crippen LogP contribution < -0.4 is 15.4 Å². The lowest BCUT2D eigenvalue weighted by Gasteiger charge is -2.35. The molecule has 12 heteroatoms. The first-order chi connectivity index (χ1) is 16.9. The van der Waals surface area contributed by atoms with Gasteiger partial charge in [-0.2, -0.15) is 5.10 Å². The van der Waals surface area contributed by atoms with Crippen LogP contribution in [0.2, 0.25) is 0 Å². The van der Waals surface area contributed by atoms with Crippen molar-refractivity contribution in [3.63, 3.8) is 0 Å². The molecule has 2 heterocycles. The van der Waals surface area contributed by atoms with Gasteiger partial charge in [0, 0.05) is 7.11 Å². The van der Waals surface area contributed by atoms with Crippen LogP contribution in [0.1, 0.15) is 12.8 Å². The van der Waals surface area contributed by atoms with Crippen LogP contribution in [0.3, 0.4) is 0 Å². The third-order valence-corrected chi connectivity index (χ3v) is 8.45. The minimum atomic E-state index is -4.04. The van der Waals surface area contributed by atoms with Crippen LogP contribution >= 0.6 is 0 Å². The minimum Gasteiger partial charge on any atom is -0.457 e. The van der Waals surface area contributed by atoms with Crippen LogP contribution in [0.15, 0.2) is 66.1 Å². The van der Waals surface area contributed by atoms with E-state index in [1.807, 2.05) is 12.1 Å². The quantitative estimate of drug-likeness (QED) is 0.366. The number of amides is 1. The number of aliphatic hydroxyl groups is 1. The summed E-state index contributed by atoms with van der Waals surface area (Å²) in [4.78, 5) is 17.0. The fraction of sp³-hybridized carbons (Fsp3) is 0.348. The van der Waals surface area contributed by atoms with Gasteiger partial charge >= 0.3 is 0 Å². The molecule has 4 rings (SSSR count). The molecule has 2 aromatic carbocycles. The Hall–Kier alpha value is -3.32. The van der Waals surface area contributed by atoms with Crippen LogP contribution in [0.25, 0.3) is 5.69 Å². The highest BCUT2D eigenvalue weighted by molar-refractivity contribution is 7.93. The Balaban J connectivity index is 1.51. The summed E-state index contributed by atoms with van der Waals surface area (Å²) in [7, 11) is -2.75. The zero-order valence-corrected chi connectivity index (χ0v) is 19.9. The molecule has 1 unspecified atom stereocenters. The summed E-state index contributed by atoms with van der Waals surface area (Å²) in [5.74, 6) is 0.364. The minimum absolute atomic E-state index is 0.0238. The number of ether oxygens (including phenoxy) is 2. The molecule has 1 atom stereocenters. The number of carbonyl (C=O) groups excluding carboxylic acids is 1. The highest BCUT2D eigenvalue weighted by Crippen LogP contribution is 2.35. The number of rotatable bonds is 9. The van der Waals surface area contributed by atoms with E-state index in [4.69, 9.17) is 9.47 Å². The van der Waals surface area contributed by atoms with E-state index in [2.05, 4.69) is 20.7 Å². The molecule has 3 N–H and O–H groups in total. The van der Waals surface area contributed by atoms with Gasteiger partial charge in [-0.15, -0.1) is 0 Å². The molecule has 1 saturated heterocycles. The molecule has 186 valence electrons. The van der Waals surface area contributed by atoms with Gasteiger partial charge < -0.3 is 25.2 Å². The molecule has 1 aliphatic heterocycles. The van der Waals surface area contributed by atoms with Crippen molar-refractivity contribution >= 4 is 15.7 Å². The predicted octanol–water partition coefficient (Wildman–Crippen LogP) is 1.04. The number of benzene rings is 2. The molecule has 1 fully saturated rings. The van der Waals surface area contributed by atoms with Gasteiger partial charge in [-0.25, -0.2) is 18.1 Å². The highest BCUT2D eigenvalue weighted by atomic mass is 32.2. The summed E-state index contributed by atoms with van der Waals surface area (Å²) < 4.78 is 37.8. The van der Waals surface area contributed by atoms with Gasteiger partial charge in [-0.05, 0) is 74.5 Å². The number of aliphatic hydroxyl groups excluding tert-OH is 1. The number of piperidine rings is 1. The molecule has 0 radical (unpaired) electrons. The zero-order chi connectivity index (χ0) is 24.9. The van der Waals surface area contributed by atoms with Crippen molar-refractivity contribution in [2.75, 3.05) is 26.7 Å². The molecule has 35 heavy (non-hydrogen) atoms. The first kappa shape index (κ1) is 24.8. The van der Waals surface area contributed by atoms with Gasteiger partial charge in [0.2, 0.25) is 5.91 Å². The van der Waals surface area contributed by atoms with E-state index < -0.39 is 26.8 Å². The second-order valence-electron chi connectivity index (χ2n) is 8.06. The number of aromatic nitrogens is 3. The molecular formula is C23H27N5O6S. The third-order valence-electron chi connectivity index (χ3n) is 5.94. The van der Waals surface area contributed by atoms with Crippen LogP contribution in [0, 0.1) is 0 Å². The maximum Gasteiger partial charge on any atom is 0.242 e.